The average molecular weight is 322 g/mol. The van der Waals surface area contributed by atoms with E-state index in [9.17, 15) is 4.79 Å². The van der Waals surface area contributed by atoms with Crippen LogP contribution in [0.15, 0.2) is 51.9 Å². The van der Waals surface area contributed by atoms with Gasteiger partial charge in [-0.15, -0.1) is 0 Å². The molecule has 1 aromatic heterocycles. The number of hydrogen-bond acceptors (Lipinski definition) is 2. The predicted molar refractivity (Wildman–Crippen MR) is 79.6 cm³/mol. The minimum Gasteiger partial charge on any atom is -0.483 e. The second-order valence-electron chi connectivity index (χ2n) is 4.60. The molecule has 1 heterocycles. The Morgan fingerprint density at radius 2 is 1.95 bits per heavy atom. The molecule has 0 unspecified atom stereocenters. The molecular formula is C15H16BrNO2. The first-order valence-electron chi connectivity index (χ1n) is 6.16. The Labute approximate surface area is 121 Å². The molecule has 0 aliphatic rings. The maximum absolute atomic E-state index is 12.2. The summed E-state index contributed by atoms with van der Waals surface area (Å²) in [4.78, 5) is 12.2. The lowest BCUT2D eigenvalue weighted by molar-refractivity contribution is 0.297. The lowest BCUT2D eigenvalue weighted by Crippen LogP contribution is -2.23. The van der Waals surface area contributed by atoms with Crippen LogP contribution in [0.4, 0.5) is 0 Å². The van der Waals surface area contributed by atoms with Crippen molar-refractivity contribution < 1.29 is 4.74 Å². The third kappa shape index (κ3) is 3.47. The van der Waals surface area contributed by atoms with Gasteiger partial charge < -0.3 is 9.30 Å². The van der Waals surface area contributed by atoms with Crippen LogP contribution < -0.4 is 10.3 Å². The molecule has 0 aliphatic carbocycles. The average Bonchev–Trinajstić information content (AvgIpc) is 2.40. The normalized spacial score (nSPS) is 10.7. The molecule has 19 heavy (non-hydrogen) atoms. The molecule has 2 rings (SSSR count). The Kier molecular flexibility index (Phi) is 4.43. The van der Waals surface area contributed by atoms with Gasteiger partial charge >= 0.3 is 0 Å². The summed E-state index contributed by atoms with van der Waals surface area (Å²) < 4.78 is 8.13. The van der Waals surface area contributed by atoms with Gasteiger partial charge in [-0.3, -0.25) is 4.79 Å². The Hall–Kier alpha value is -1.55. The topological polar surface area (TPSA) is 31.2 Å². The first-order chi connectivity index (χ1) is 9.08. The van der Waals surface area contributed by atoms with E-state index in [1.807, 2.05) is 44.2 Å². The maximum Gasteiger partial charge on any atom is 0.293 e. The maximum atomic E-state index is 12.2. The summed E-state index contributed by atoms with van der Waals surface area (Å²) >= 11 is 3.40. The fourth-order valence-electron chi connectivity index (χ4n) is 1.77. The highest BCUT2D eigenvalue weighted by molar-refractivity contribution is 9.10. The van der Waals surface area contributed by atoms with Crippen molar-refractivity contribution in [2.24, 2.45) is 0 Å². The molecule has 0 radical (unpaired) electrons. The molecule has 0 bridgehead atoms. The zero-order chi connectivity index (χ0) is 13.8. The van der Waals surface area contributed by atoms with Crippen LogP contribution in [0.25, 0.3) is 0 Å². The van der Waals surface area contributed by atoms with Crippen molar-refractivity contribution in [1.29, 1.82) is 0 Å². The summed E-state index contributed by atoms with van der Waals surface area (Å²) in [6.45, 7) is 4.33. The fourth-order valence-corrected chi connectivity index (χ4v) is 2.19. The van der Waals surface area contributed by atoms with Crippen molar-refractivity contribution >= 4 is 15.9 Å². The molecule has 0 atom stereocenters. The number of benzene rings is 1. The van der Waals surface area contributed by atoms with Gasteiger partial charge in [0.15, 0.2) is 5.75 Å². The summed E-state index contributed by atoms with van der Waals surface area (Å²) in [5.41, 5.74) is 0.937. The molecule has 0 spiro atoms. The first-order valence-corrected chi connectivity index (χ1v) is 6.95. The minimum atomic E-state index is -0.103. The van der Waals surface area contributed by atoms with Crippen LogP contribution in [-0.4, -0.2) is 4.57 Å². The van der Waals surface area contributed by atoms with Gasteiger partial charge in [0, 0.05) is 22.8 Å². The van der Waals surface area contributed by atoms with Crippen molar-refractivity contribution in [2.45, 2.75) is 26.5 Å². The Morgan fingerprint density at radius 1 is 1.26 bits per heavy atom. The first kappa shape index (κ1) is 13.9. The molecule has 2 aromatic rings. The zero-order valence-electron chi connectivity index (χ0n) is 11.0. The number of hydrogen-bond donors (Lipinski definition) is 0. The summed E-state index contributed by atoms with van der Waals surface area (Å²) in [6.07, 6.45) is 1.78. The van der Waals surface area contributed by atoms with E-state index in [-0.39, 0.29) is 11.6 Å². The molecule has 0 fully saturated rings. The van der Waals surface area contributed by atoms with E-state index < -0.39 is 0 Å². The van der Waals surface area contributed by atoms with E-state index in [0.29, 0.717) is 12.4 Å². The van der Waals surface area contributed by atoms with Crippen LogP contribution >= 0.6 is 15.9 Å². The number of nitrogens with zero attached hydrogens (tertiary/aromatic N) is 1. The van der Waals surface area contributed by atoms with Crippen LogP contribution in [0, 0.1) is 0 Å². The van der Waals surface area contributed by atoms with E-state index >= 15 is 0 Å². The smallest absolute Gasteiger partial charge is 0.293 e. The van der Waals surface area contributed by atoms with Gasteiger partial charge in [0.05, 0.1) is 0 Å². The molecule has 100 valence electrons. The third-order valence-corrected chi connectivity index (χ3v) is 3.20. The molecule has 0 amide bonds. The van der Waals surface area contributed by atoms with Crippen LogP contribution in [0.3, 0.4) is 0 Å². The van der Waals surface area contributed by atoms with Crippen LogP contribution in [0.5, 0.6) is 5.75 Å². The molecule has 0 aliphatic heterocycles. The molecule has 3 nitrogen and oxygen atoms in total. The van der Waals surface area contributed by atoms with E-state index in [0.717, 1.165) is 10.0 Å². The fraction of sp³-hybridized carbons (Fsp3) is 0.267. The van der Waals surface area contributed by atoms with Gasteiger partial charge in [-0.05, 0) is 35.3 Å². The Bertz CT molecular complexity index is 605. The standard InChI is InChI=1S/C15H16BrNO2/c1-11(2)17-9-13(16)8-14(15(17)18)19-10-12-6-4-3-5-7-12/h3-9,11H,10H2,1-2H3. The highest BCUT2D eigenvalue weighted by atomic mass is 79.9. The van der Waals surface area contributed by atoms with Crippen molar-refractivity contribution in [3.05, 3.63) is 63.0 Å². The van der Waals surface area contributed by atoms with E-state index in [4.69, 9.17) is 4.74 Å². The van der Waals surface area contributed by atoms with E-state index in [1.165, 1.54) is 0 Å². The number of pyridine rings is 1. The van der Waals surface area contributed by atoms with Crippen LogP contribution in [-0.2, 0) is 6.61 Å². The van der Waals surface area contributed by atoms with Gasteiger partial charge in [-0.2, -0.15) is 0 Å². The summed E-state index contributed by atoms with van der Waals surface area (Å²) in [5, 5.41) is 0. The van der Waals surface area contributed by atoms with Gasteiger partial charge in [0.1, 0.15) is 6.61 Å². The summed E-state index contributed by atoms with van der Waals surface area (Å²) in [5.74, 6) is 0.368. The van der Waals surface area contributed by atoms with E-state index in [2.05, 4.69) is 15.9 Å². The summed E-state index contributed by atoms with van der Waals surface area (Å²) in [6, 6.07) is 11.6. The van der Waals surface area contributed by atoms with Crippen LogP contribution in [0.2, 0.25) is 0 Å². The van der Waals surface area contributed by atoms with E-state index in [1.54, 1.807) is 16.8 Å². The molecule has 1 aromatic carbocycles. The largest absolute Gasteiger partial charge is 0.483 e. The number of aromatic nitrogens is 1. The molecule has 0 saturated carbocycles. The second-order valence-corrected chi connectivity index (χ2v) is 5.52. The highest BCUT2D eigenvalue weighted by Crippen LogP contribution is 2.17. The number of rotatable bonds is 4. The third-order valence-electron chi connectivity index (χ3n) is 2.77. The molecule has 4 heteroatoms. The van der Waals surface area contributed by atoms with Crippen molar-refractivity contribution in [3.63, 3.8) is 0 Å². The Balaban J connectivity index is 2.23. The quantitative estimate of drug-likeness (QED) is 0.858. The van der Waals surface area contributed by atoms with Gasteiger partial charge in [0.25, 0.3) is 5.56 Å². The van der Waals surface area contributed by atoms with Crippen LogP contribution in [0.1, 0.15) is 25.5 Å². The van der Waals surface area contributed by atoms with Crippen molar-refractivity contribution in [3.8, 4) is 5.75 Å². The number of halogens is 1. The monoisotopic (exact) mass is 321 g/mol. The molecule has 0 N–H and O–H groups in total. The zero-order valence-corrected chi connectivity index (χ0v) is 12.6. The number of ether oxygens (including phenoxy) is 1. The Morgan fingerprint density at radius 3 is 2.58 bits per heavy atom. The van der Waals surface area contributed by atoms with Crippen molar-refractivity contribution in [1.82, 2.24) is 4.57 Å². The van der Waals surface area contributed by atoms with Gasteiger partial charge in [-0.25, -0.2) is 0 Å². The minimum absolute atomic E-state index is 0.101. The lowest BCUT2D eigenvalue weighted by Gasteiger charge is -2.13. The lowest BCUT2D eigenvalue weighted by atomic mass is 10.2. The molecule has 0 saturated heterocycles. The highest BCUT2D eigenvalue weighted by Gasteiger charge is 2.09. The second kappa shape index (κ2) is 6.06. The van der Waals surface area contributed by atoms with Crippen molar-refractivity contribution in [2.75, 3.05) is 0 Å². The summed E-state index contributed by atoms with van der Waals surface area (Å²) in [7, 11) is 0. The van der Waals surface area contributed by atoms with Gasteiger partial charge in [-0.1, -0.05) is 30.3 Å². The SMILES string of the molecule is CC(C)n1cc(Br)cc(OCc2ccccc2)c1=O. The predicted octanol–water partition coefficient (Wildman–Crippen LogP) is 3.77. The van der Waals surface area contributed by atoms with Gasteiger partial charge in [0.2, 0.25) is 0 Å². The molecular weight excluding hydrogens is 306 g/mol.